The Labute approximate surface area is 168 Å². The Morgan fingerprint density at radius 2 is 1.50 bits per heavy atom. The maximum Gasteiger partial charge on any atom is 0.157 e. The first kappa shape index (κ1) is 18.3. The topological polar surface area (TPSA) is 24.4 Å². The summed E-state index contributed by atoms with van der Waals surface area (Å²) in [7, 11) is 0. The number of aliphatic imine (C=N–C) groups is 1. The number of nitrogens with zero attached hydrogens (tertiary/aromatic N) is 1. The summed E-state index contributed by atoms with van der Waals surface area (Å²) in [6.45, 7) is 0. The second-order valence-corrected chi connectivity index (χ2v) is 7.25. The lowest BCUT2D eigenvalue weighted by Crippen LogP contribution is -2.22. The van der Waals surface area contributed by atoms with Crippen LogP contribution in [0.15, 0.2) is 62.5 Å². The largest absolute Gasteiger partial charge is 0.356 e. The molecule has 2 aromatic carbocycles. The molecule has 116 valence electrons. The van der Waals surface area contributed by atoms with Gasteiger partial charge in [0.2, 0.25) is 0 Å². The monoisotopic (exact) mass is 552 g/mol. The Morgan fingerprint density at radius 1 is 0.955 bits per heavy atom. The summed E-state index contributed by atoms with van der Waals surface area (Å²) in [5.74, 6) is 0. The molecule has 6 heteroatoms. The van der Waals surface area contributed by atoms with Crippen molar-refractivity contribution in [1.82, 2.24) is 5.32 Å². The molecule has 1 aliphatic heterocycles. The molecule has 0 bridgehead atoms. The molecule has 0 fully saturated rings. The molecule has 2 nitrogen and oxygen atoms in total. The summed E-state index contributed by atoms with van der Waals surface area (Å²) in [5, 5.41) is 4.52. The third-order valence-corrected chi connectivity index (χ3v) is 5.56. The number of halogens is 3. The van der Waals surface area contributed by atoms with E-state index in [1.54, 1.807) is 11.8 Å². The molecule has 2 aromatic rings. The maximum absolute atomic E-state index is 4.85. The number of amidine groups is 1. The molecule has 0 aliphatic carbocycles. The van der Waals surface area contributed by atoms with Gasteiger partial charge in [0, 0.05) is 8.95 Å². The molecular weight excluding hydrogens is 539 g/mol. The van der Waals surface area contributed by atoms with Crippen molar-refractivity contribution in [1.29, 1.82) is 0 Å². The number of benzene rings is 2. The van der Waals surface area contributed by atoms with Gasteiger partial charge in [-0.15, -0.1) is 24.0 Å². The maximum atomic E-state index is 4.85. The van der Waals surface area contributed by atoms with E-state index in [2.05, 4.69) is 73.6 Å². The smallest absolute Gasteiger partial charge is 0.157 e. The molecule has 0 amide bonds. The van der Waals surface area contributed by atoms with Gasteiger partial charge >= 0.3 is 0 Å². The molecule has 0 unspecified atom stereocenters. The molecule has 0 radical (unpaired) electrons. The van der Waals surface area contributed by atoms with Gasteiger partial charge in [-0.2, -0.15) is 0 Å². The third-order valence-electron chi connectivity index (χ3n) is 3.51. The molecule has 1 N–H and O–H groups in total. The van der Waals surface area contributed by atoms with E-state index in [0.717, 1.165) is 14.1 Å². The highest BCUT2D eigenvalue weighted by Gasteiger charge is 2.33. The molecule has 2 atom stereocenters. The standard InChI is InChI=1S/C16H14Br2N2S.HI/c1-21-16-19-14(10-6-2-4-8-12(10)17)15(20-16)11-7-3-5-9-13(11)18;/h2-9,14-15H,1H3,(H,19,20);1H/t14-,15+;. The lowest BCUT2D eigenvalue weighted by Gasteiger charge is -2.21. The van der Waals surface area contributed by atoms with Crippen molar-refractivity contribution in [3.05, 3.63) is 68.6 Å². The molecule has 0 saturated carbocycles. The first-order valence-electron chi connectivity index (χ1n) is 6.58. The number of rotatable bonds is 2. The van der Waals surface area contributed by atoms with E-state index in [1.165, 1.54) is 11.1 Å². The number of thioether (sulfide) groups is 1. The van der Waals surface area contributed by atoms with Crippen molar-refractivity contribution in [3.8, 4) is 0 Å². The average Bonchev–Trinajstić information content (AvgIpc) is 2.92. The fourth-order valence-electron chi connectivity index (χ4n) is 2.50. The van der Waals surface area contributed by atoms with Crippen molar-refractivity contribution in [2.45, 2.75) is 12.1 Å². The molecule has 0 saturated heterocycles. The van der Waals surface area contributed by atoms with Crippen LogP contribution in [0.25, 0.3) is 0 Å². The summed E-state index contributed by atoms with van der Waals surface area (Å²) in [6, 6.07) is 16.8. The van der Waals surface area contributed by atoms with E-state index in [0.29, 0.717) is 0 Å². The van der Waals surface area contributed by atoms with Crippen molar-refractivity contribution in [2.24, 2.45) is 4.99 Å². The zero-order valence-electron chi connectivity index (χ0n) is 11.8. The molecular formula is C16H15Br2IN2S. The minimum absolute atomic E-state index is 0. The van der Waals surface area contributed by atoms with Crippen LogP contribution in [0.3, 0.4) is 0 Å². The van der Waals surface area contributed by atoms with E-state index in [-0.39, 0.29) is 36.1 Å². The second-order valence-electron chi connectivity index (χ2n) is 4.75. The highest BCUT2D eigenvalue weighted by molar-refractivity contribution is 14.0. The van der Waals surface area contributed by atoms with Gasteiger partial charge in [-0.3, -0.25) is 4.99 Å². The van der Waals surface area contributed by atoms with Crippen LogP contribution < -0.4 is 5.32 Å². The first-order chi connectivity index (χ1) is 10.2. The highest BCUT2D eigenvalue weighted by Crippen LogP contribution is 2.42. The predicted octanol–water partition coefficient (Wildman–Crippen LogP) is 5.93. The molecule has 0 spiro atoms. The minimum atomic E-state index is 0. The zero-order valence-corrected chi connectivity index (χ0v) is 18.1. The van der Waals surface area contributed by atoms with Crippen molar-refractivity contribution < 1.29 is 0 Å². The van der Waals surface area contributed by atoms with Crippen molar-refractivity contribution in [2.75, 3.05) is 6.26 Å². The fraction of sp³-hybridized carbons (Fsp3) is 0.188. The zero-order chi connectivity index (χ0) is 14.8. The normalized spacial score (nSPS) is 20.0. The molecule has 0 aromatic heterocycles. The van der Waals surface area contributed by atoms with E-state index in [9.17, 15) is 0 Å². The Morgan fingerprint density at radius 3 is 2.05 bits per heavy atom. The molecule has 22 heavy (non-hydrogen) atoms. The summed E-state index contributed by atoms with van der Waals surface area (Å²) >= 11 is 8.96. The van der Waals surface area contributed by atoms with Gasteiger partial charge in [0.1, 0.15) is 6.04 Å². The van der Waals surface area contributed by atoms with Crippen LogP contribution >= 0.6 is 67.6 Å². The van der Waals surface area contributed by atoms with Gasteiger partial charge in [-0.25, -0.2) is 0 Å². The van der Waals surface area contributed by atoms with E-state index in [4.69, 9.17) is 4.99 Å². The van der Waals surface area contributed by atoms with Crippen LogP contribution in [0.5, 0.6) is 0 Å². The van der Waals surface area contributed by atoms with Crippen LogP contribution in [-0.2, 0) is 0 Å². The van der Waals surface area contributed by atoms with Crippen LogP contribution in [0.4, 0.5) is 0 Å². The van der Waals surface area contributed by atoms with E-state index in [1.807, 2.05) is 18.4 Å². The third kappa shape index (κ3) is 3.71. The fourth-order valence-corrected chi connectivity index (χ4v) is 4.02. The number of hydrogen-bond donors (Lipinski definition) is 1. The Balaban J connectivity index is 0.00000176. The average molecular weight is 554 g/mol. The Hall–Kier alpha value is -0.0500. The van der Waals surface area contributed by atoms with E-state index >= 15 is 0 Å². The summed E-state index contributed by atoms with van der Waals surface area (Å²) in [6.07, 6.45) is 2.05. The Kier molecular flexibility index (Phi) is 6.79. The van der Waals surface area contributed by atoms with Gasteiger partial charge in [0.05, 0.1) is 6.04 Å². The van der Waals surface area contributed by atoms with Gasteiger partial charge in [-0.1, -0.05) is 80.0 Å². The van der Waals surface area contributed by atoms with Gasteiger partial charge in [-0.05, 0) is 29.5 Å². The lowest BCUT2D eigenvalue weighted by molar-refractivity contribution is 0.569. The summed E-state index contributed by atoms with van der Waals surface area (Å²) in [5.41, 5.74) is 2.43. The lowest BCUT2D eigenvalue weighted by atomic mass is 9.95. The van der Waals surface area contributed by atoms with Gasteiger partial charge in [0.25, 0.3) is 0 Å². The van der Waals surface area contributed by atoms with Crippen LogP contribution in [-0.4, -0.2) is 11.4 Å². The Bertz CT molecular complexity index is 693. The molecule has 3 rings (SSSR count). The van der Waals surface area contributed by atoms with Crippen LogP contribution in [0, 0.1) is 0 Å². The second kappa shape index (κ2) is 8.17. The number of nitrogens with one attached hydrogen (secondary N) is 1. The quantitative estimate of drug-likeness (QED) is 0.466. The van der Waals surface area contributed by atoms with Crippen molar-refractivity contribution >= 4 is 72.8 Å². The first-order valence-corrected chi connectivity index (χ1v) is 9.39. The predicted molar refractivity (Wildman–Crippen MR) is 113 cm³/mol. The highest BCUT2D eigenvalue weighted by atomic mass is 127. The van der Waals surface area contributed by atoms with Gasteiger partial charge in [0.15, 0.2) is 5.17 Å². The molecule has 1 heterocycles. The van der Waals surface area contributed by atoms with E-state index < -0.39 is 0 Å². The summed E-state index contributed by atoms with van der Waals surface area (Å²) < 4.78 is 2.21. The number of hydrogen-bond acceptors (Lipinski definition) is 3. The van der Waals surface area contributed by atoms with Crippen LogP contribution in [0.2, 0.25) is 0 Å². The minimum Gasteiger partial charge on any atom is -0.356 e. The summed E-state index contributed by atoms with van der Waals surface area (Å²) in [4.78, 5) is 4.85. The SMILES string of the molecule is CSC1=N[C@@H](c2ccccc2Br)[C@@H](c2ccccc2Br)N1.I. The van der Waals surface area contributed by atoms with Crippen molar-refractivity contribution in [3.63, 3.8) is 0 Å². The van der Waals surface area contributed by atoms with Crippen LogP contribution in [0.1, 0.15) is 23.2 Å². The van der Waals surface area contributed by atoms with Gasteiger partial charge < -0.3 is 5.32 Å². The molecule has 1 aliphatic rings.